The summed E-state index contributed by atoms with van der Waals surface area (Å²) in [5.41, 5.74) is 1.05. The van der Waals surface area contributed by atoms with Gasteiger partial charge in [0.1, 0.15) is 11.5 Å². The molecule has 1 amide bonds. The molecule has 0 unspecified atom stereocenters. The van der Waals surface area contributed by atoms with Crippen LogP contribution in [-0.4, -0.2) is 31.8 Å². The Bertz CT molecular complexity index is 779. The van der Waals surface area contributed by atoms with Gasteiger partial charge in [-0.05, 0) is 43.4 Å². The molecular weight excluding hydrogens is 292 g/mol. The Kier molecular flexibility index (Phi) is 3.44. The van der Waals surface area contributed by atoms with E-state index in [2.05, 4.69) is 15.0 Å². The molecule has 2 aliphatic rings. The molecule has 6 nitrogen and oxygen atoms in total. The highest BCUT2D eigenvalue weighted by Gasteiger charge is 2.34. The van der Waals surface area contributed by atoms with Crippen molar-refractivity contribution in [2.45, 2.75) is 44.2 Å². The van der Waals surface area contributed by atoms with E-state index in [1.807, 2.05) is 17.0 Å². The maximum atomic E-state index is 12.9. The van der Waals surface area contributed by atoms with Crippen molar-refractivity contribution < 1.29 is 4.79 Å². The number of rotatable bonds is 5. The SMILES string of the molecule is O=C(c1cc(=O)[nH]c(C2CC2)n1)N(Cc1ccncc1)C1CC1. The first kappa shape index (κ1) is 14.1. The number of carbonyl (C=O) groups excluding carboxylic acids is 1. The Labute approximate surface area is 133 Å². The Morgan fingerprint density at radius 3 is 2.61 bits per heavy atom. The third-order valence-electron chi connectivity index (χ3n) is 4.29. The fourth-order valence-corrected chi connectivity index (χ4v) is 2.72. The molecule has 0 aromatic carbocycles. The summed E-state index contributed by atoms with van der Waals surface area (Å²) in [5.74, 6) is 0.808. The van der Waals surface area contributed by atoms with Crippen molar-refractivity contribution in [2.24, 2.45) is 0 Å². The molecule has 0 radical (unpaired) electrons. The van der Waals surface area contributed by atoms with Gasteiger partial charge in [-0.2, -0.15) is 0 Å². The van der Waals surface area contributed by atoms with E-state index < -0.39 is 0 Å². The van der Waals surface area contributed by atoms with Crippen molar-refractivity contribution in [3.05, 3.63) is 58.0 Å². The molecule has 2 aromatic rings. The first-order valence-electron chi connectivity index (χ1n) is 8.02. The van der Waals surface area contributed by atoms with Gasteiger partial charge in [0.25, 0.3) is 11.5 Å². The number of hydrogen-bond acceptors (Lipinski definition) is 4. The van der Waals surface area contributed by atoms with E-state index in [0.29, 0.717) is 18.3 Å². The number of H-pyrrole nitrogens is 1. The molecule has 2 saturated carbocycles. The second-order valence-electron chi connectivity index (χ2n) is 6.31. The van der Waals surface area contributed by atoms with E-state index in [1.54, 1.807) is 12.4 Å². The number of nitrogens with zero attached hydrogens (tertiary/aromatic N) is 3. The minimum Gasteiger partial charge on any atom is -0.330 e. The molecular formula is C17H18N4O2. The van der Waals surface area contributed by atoms with Gasteiger partial charge in [0.05, 0.1) is 0 Å². The lowest BCUT2D eigenvalue weighted by Crippen LogP contribution is -2.34. The van der Waals surface area contributed by atoms with Crippen molar-refractivity contribution in [2.75, 3.05) is 0 Å². The summed E-state index contributed by atoms with van der Waals surface area (Å²) in [7, 11) is 0. The van der Waals surface area contributed by atoms with Crippen LogP contribution in [-0.2, 0) is 6.54 Å². The zero-order valence-electron chi connectivity index (χ0n) is 12.7. The fourth-order valence-electron chi connectivity index (χ4n) is 2.72. The molecule has 6 heteroatoms. The van der Waals surface area contributed by atoms with Crippen molar-refractivity contribution >= 4 is 5.91 Å². The zero-order valence-corrected chi connectivity index (χ0v) is 12.7. The van der Waals surface area contributed by atoms with Crippen LogP contribution in [0.2, 0.25) is 0 Å². The summed E-state index contributed by atoms with van der Waals surface area (Å²) >= 11 is 0. The monoisotopic (exact) mass is 310 g/mol. The van der Waals surface area contributed by atoms with Crippen LogP contribution in [0.4, 0.5) is 0 Å². The summed E-state index contributed by atoms with van der Waals surface area (Å²) in [6.07, 6.45) is 7.53. The maximum Gasteiger partial charge on any atom is 0.273 e. The van der Waals surface area contributed by atoms with E-state index in [-0.39, 0.29) is 23.2 Å². The summed E-state index contributed by atoms with van der Waals surface area (Å²) in [5, 5.41) is 0. The summed E-state index contributed by atoms with van der Waals surface area (Å²) in [4.78, 5) is 37.7. The highest BCUT2D eigenvalue weighted by Crippen LogP contribution is 2.37. The van der Waals surface area contributed by atoms with Crippen LogP contribution < -0.4 is 5.56 Å². The molecule has 4 rings (SSSR count). The van der Waals surface area contributed by atoms with Crippen molar-refractivity contribution in [1.82, 2.24) is 19.9 Å². The smallest absolute Gasteiger partial charge is 0.273 e. The Hall–Kier alpha value is -2.50. The van der Waals surface area contributed by atoms with Gasteiger partial charge in [0.15, 0.2) is 0 Å². The van der Waals surface area contributed by atoms with E-state index in [4.69, 9.17) is 0 Å². The number of hydrogen-bond donors (Lipinski definition) is 1. The molecule has 2 aromatic heterocycles. The molecule has 0 saturated heterocycles. The molecule has 118 valence electrons. The van der Waals surface area contributed by atoms with Crippen LogP contribution in [0.15, 0.2) is 35.4 Å². The lowest BCUT2D eigenvalue weighted by atomic mass is 10.2. The standard InChI is InChI=1S/C17H18N4O2/c22-15-9-14(19-16(20-15)12-1-2-12)17(23)21(13-3-4-13)10-11-5-7-18-8-6-11/h5-9,12-13H,1-4,10H2,(H,19,20,22). The largest absolute Gasteiger partial charge is 0.330 e. The third-order valence-corrected chi connectivity index (χ3v) is 4.29. The van der Waals surface area contributed by atoms with Gasteiger partial charge in [0, 0.05) is 37.0 Å². The second kappa shape index (κ2) is 5.61. The minimum absolute atomic E-state index is 0.155. The van der Waals surface area contributed by atoms with Crippen molar-refractivity contribution in [3.8, 4) is 0 Å². The quantitative estimate of drug-likeness (QED) is 0.914. The molecule has 2 aliphatic carbocycles. The molecule has 2 fully saturated rings. The van der Waals surface area contributed by atoms with E-state index in [0.717, 1.165) is 31.2 Å². The van der Waals surface area contributed by atoms with Gasteiger partial charge in [-0.3, -0.25) is 14.6 Å². The van der Waals surface area contributed by atoms with Crippen LogP contribution >= 0.6 is 0 Å². The Morgan fingerprint density at radius 1 is 1.22 bits per heavy atom. The van der Waals surface area contributed by atoms with Crippen LogP contribution in [0, 0.1) is 0 Å². The molecule has 0 atom stereocenters. The fraction of sp³-hybridized carbons (Fsp3) is 0.412. The average molecular weight is 310 g/mol. The van der Waals surface area contributed by atoms with Gasteiger partial charge >= 0.3 is 0 Å². The number of carbonyl (C=O) groups is 1. The van der Waals surface area contributed by atoms with Gasteiger partial charge in [0.2, 0.25) is 0 Å². The molecule has 0 bridgehead atoms. The predicted octanol–water partition coefficient (Wildman–Crippen LogP) is 1.85. The third kappa shape index (κ3) is 3.16. The van der Waals surface area contributed by atoms with Crippen LogP contribution in [0.25, 0.3) is 0 Å². The van der Waals surface area contributed by atoms with Gasteiger partial charge in [-0.15, -0.1) is 0 Å². The first-order valence-corrected chi connectivity index (χ1v) is 8.02. The lowest BCUT2D eigenvalue weighted by Gasteiger charge is -2.22. The normalized spacial score (nSPS) is 17.0. The molecule has 23 heavy (non-hydrogen) atoms. The summed E-state index contributed by atoms with van der Waals surface area (Å²) in [6, 6.07) is 5.38. The van der Waals surface area contributed by atoms with Crippen molar-refractivity contribution in [3.63, 3.8) is 0 Å². The number of amides is 1. The number of nitrogens with one attached hydrogen (secondary N) is 1. The highest BCUT2D eigenvalue weighted by molar-refractivity contribution is 5.92. The minimum atomic E-state index is -0.245. The van der Waals surface area contributed by atoms with Crippen LogP contribution in [0.1, 0.15) is 53.5 Å². The topological polar surface area (TPSA) is 79.0 Å². The summed E-state index contributed by atoms with van der Waals surface area (Å²) < 4.78 is 0. The Balaban J connectivity index is 1.61. The molecule has 0 spiro atoms. The Morgan fingerprint density at radius 2 is 1.96 bits per heavy atom. The van der Waals surface area contributed by atoms with E-state index >= 15 is 0 Å². The van der Waals surface area contributed by atoms with Crippen molar-refractivity contribution in [1.29, 1.82) is 0 Å². The van der Waals surface area contributed by atoms with Gasteiger partial charge in [-0.25, -0.2) is 4.98 Å². The maximum absolute atomic E-state index is 12.9. The van der Waals surface area contributed by atoms with E-state index in [9.17, 15) is 9.59 Å². The highest BCUT2D eigenvalue weighted by atomic mass is 16.2. The molecule has 1 N–H and O–H groups in total. The number of pyridine rings is 1. The second-order valence-corrected chi connectivity index (χ2v) is 6.31. The lowest BCUT2D eigenvalue weighted by molar-refractivity contribution is 0.0723. The van der Waals surface area contributed by atoms with Gasteiger partial charge < -0.3 is 9.88 Å². The average Bonchev–Trinajstić information content (AvgIpc) is 3.45. The molecule has 0 aliphatic heterocycles. The zero-order chi connectivity index (χ0) is 15.8. The first-order chi connectivity index (χ1) is 11.2. The summed E-state index contributed by atoms with van der Waals surface area (Å²) in [6.45, 7) is 0.527. The van der Waals surface area contributed by atoms with Crippen LogP contribution in [0.3, 0.4) is 0 Å². The van der Waals surface area contributed by atoms with Crippen LogP contribution in [0.5, 0.6) is 0 Å². The number of aromatic amines is 1. The molecule has 2 heterocycles. The van der Waals surface area contributed by atoms with Gasteiger partial charge in [-0.1, -0.05) is 0 Å². The predicted molar refractivity (Wildman–Crippen MR) is 84.0 cm³/mol. The van der Waals surface area contributed by atoms with E-state index in [1.165, 1.54) is 6.07 Å². The number of aromatic nitrogens is 3.